The van der Waals surface area contributed by atoms with E-state index in [0.29, 0.717) is 17.6 Å². The van der Waals surface area contributed by atoms with E-state index in [2.05, 4.69) is 17.0 Å². The smallest absolute Gasteiger partial charge is 0.337 e. The third-order valence-electron chi connectivity index (χ3n) is 3.54. The van der Waals surface area contributed by atoms with Crippen LogP contribution in [0.3, 0.4) is 0 Å². The quantitative estimate of drug-likeness (QED) is 0.796. The Hall–Kier alpha value is -2.63. The lowest BCUT2D eigenvalue weighted by Crippen LogP contribution is -2.05. The van der Waals surface area contributed by atoms with Crippen LogP contribution in [-0.4, -0.2) is 30.4 Å². The van der Waals surface area contributed by atoms with Crippen LogP contribution in [0, 0.1) is 0 Å². The average Bonchev–Trinajstić information content (AvgIpc) is 3.02. The van der Waals surface area contributed by atoms with Crippen LogP contribution in [-0.2, 0) is 20.0 Å². The van der Waals surface area contributed by atoms with Crippen LogP contribution in [0.5, 0.6) is 0 Å². The van der Waals surface area contributed by atoms with Gasteiger partial charge >= 0.3 is 5.97 Å². The summed E-state index contributed by atoms with van der Waals surface area (Å²) in [6, 6.07) is 5.14. The van der Waals surface area contributed by atoms with E-state index in [9.17, 15) is 9.90 Å². The number of aromatic carboxylic acids is 1. The van der Waals surface area contributed by atoms with Gasteiger partial charge in [-0.05, 0) is 18.6 Å². The number of imidazole rings is 1. The third kappa shape index (κ3) is 2.29. The van der Waals surface area contributed by atoms with Crippen LogP contribution in [0.15, 0.2) is 30.7 Å². The van der Waals surface area contributed by atoms with Gasteiger partial charge in [0, 0.05) is 18.8 Å². The molecule has 3 rings (SSSR count). The minimum Gasteiger partial charge on any atom is -0.478 e. The fourth-order valence-corrected chi connectivity index (χ4v) is 2.62. The number of carboxylic acid groups (broad SMARTS) is 1. The Morgan fingerprint density at radius 2 is 2.19 bits per heavy atom. The van der Waals surface area contributed by atoms with Crippen molar-refractivity contribution in [2.75, 3.05) is 0 Å². The predicted octanol–water partition coefficient (Wildman–Crippen LogP) is 2.08. The molecule has 0 saturated heterocycles. The second kappa shape index (κ2) is 5.05. The SMILES string of the molecule is CCc1nn(C)cc1Cn1cnc2cccc(C(=O)O)c21. The van der Waals surface area contributed by atoms with Gasteiger partial charge in [0.25, 0.3) is 0 Å². The first-order chi connectivity index (χ1) is 10.1. The maximum atomic E-state index is 11.4. The van der Waals surface area contributed by atoms with Crippen molar-refractivity contribution in [2.24, 2.45) is 7.05 Å². The monoisotopic (exact) mass is 284 g/mol. The molecule has 21 heavy (non-hydrogen) atoms. The number of hydrogen-bond donors (Lipinski definition) is 1. The van der Waals surface area contributed by atoms with Gasteiger partial charge in [-0.3, -0.25) is 4.68 Å². The van der Waals surface area contributed by atoms with Gasteiger partial charge in [-0.2, -0.15) is 5.10 Å². The van der Waals surface area contributed by atoms with Crippen molar-refractivity contribution in [3.05, 3.63) is 47.5 Å². The molecule has 0 aliphatic rings. The van der Waals surface area contributed by atoms with Gasteiger partial charge in [-0.25, -0.2) is 9.78 Å². The molecule has 3 aromatic rings. The zero-order valence-corrected chi connectivity index (χ0v) is 11.9. The molecule has 2 heterocycles. The van der Waals surface area contributed by atoms with Crippen molar-refractivity contribution in [3.63, 3.8) is 0 Å². The summed E-state index contributed by atoms with van der Waals surface area (Å²) in [4.78, 5) is 15.7. The lowest BCUT2D eigenvalue weighted by Gasteiger charge is -2.06. The molecular formula is C15H16N4O2. The minimum atomic E-state index is -0.941. The molecule has 0 saturated carbocycles. The number of aryl methyl sites for hydroxylation is 2. The second-order valence-electron chi connectivity index (χ2n) is 4.98. The number of benzene rings is 1. The van der Waals surface area contributed by atoms with Crippen LogP contribution < -0.4 is 0 Å². The van der Waals surface area contributed by atoms with E-state index in [4.69, 9.17) is 0 Å². The topological polar surface area (TPSA) is 72.9 Å². The van der Waals surface area contributed by atoms with Crippen molar-refractivity contribution in [1.82, 2.24) is 19.3 Å². The fourth-order valence-electron chi connectivity index (χ4n) is 2.62. The Bertz CT molecular complexity index is 816. The highest BCUT2D eigenvalue weighted by Crippen LogP contribution is 2.20. The fraction of sp³-hybridized carbons (Fsp3) is 0.267. The van der Waals surface area contributed by atoms with Crippen LogP contribution in [0.4, 0.5) is 0 Å². The van der Waals surface area contributed by atoms with Gasteiger partial charge in [0.15, 0.2) is 0 Å². The molecule has 0 atom stereocenters. The second-order valence-corrected chi connectivity index (χ2v) is 4.98. The first kappa shape index (κ1) is 13.4. The van der Waals surface area contributed by atoms with Gasteiger partial charge in [0.05, 0.1) is 35.2 Å². The van der Waals surface area contributed by atoms with Gasteiger partial charge in [0.1, 0.15) is 0 Å². The van der Waals surface area contributed by atoms with Crippen LogP contribution in [0.1, 0.15) is 28.5 Å². The number of aromatic nitrogens is 4. The Labute approximate surface area is 121 Å². The molecule has 6 heteroatoms. The zero-order valence-electron chi connectivity index (χ0n) is 11.9. The van der Waals surface area contributed by atoms with Crippen molar-refractivity contribution >= 4 is 17.0 Å². The number of nitrogens with zero attached hydrogens (tertiary/aromatic N) is 4. The van der Waals surface area contributed by atoms with Gasteiger partial charge in [-0.1, -0.05) is 13.0 Å². The molecule has 1 aromatic carbocycles. The molecule has 0 aliphatic heterocycles. The highest BCUT2D eigenvalue weighted by Gasteiger charge is 2.15. The number of carbonyl (C=O) groups is 1. The van der Waals surface area contributed by atoms with E-state index in [1.54, 1.807) is 23.1 Å². The summed E-state index contributed by atoms with van der Waals surface area (Å²) >= 11 is 0. The Balaban J connectivity index is 2.10. The highest BCUT2D eigenvalue weighted by molar-refractivity contribution is 6.01. The van der Waals surface area contributed by atoms with Crippen LogP contribution >= 0.6 is 0 Å². The summed E-state index contributed by atoms with van der Waals surface area (Å²) in [6.07, 6.45) is 4.49. The van der Waals surface area contributed by atoms with E-state index < -0.39 is 5.97 Å². The molecule has 0 amide bonds. The summed E-state index contributed by atoms with van der Waals surface area (Å²) < 4.78 is 3.65. The van der Waals surface area contributed by atoms with E-state index in [1.807, 2.05) is 23.9 Å². The Morgan fingerprint density at radius 3 is 2.90 bits per heavy atom. The number of rotatable bonds is 4. The minimum absolute atomic E-state index is 0.270. The largest absolute Gasteiger partial charge is 0.478 e. The number of hydrogen-bond acceptors (Lipinski definition) is 3. The summed E-state index contributed by atoms with van der Waals surface area (Å²) in [6.45, 7) is 2.62. The van der Waals surface area contributed by atoms with Gasteiger partial charge in [0.2, 0.25) is 0 Å². The molecule has 0 unspecified atom stereocenters. The van der Waals surface area contributed by atoms with E-state index in [-0.39, 0.29) is 5.56 Å². The molecule has 0 bridgehead atoms. The summed E-state index contributed by atoms with van der Waals surface area (Å²) in [5, 5.41) is 13.8. The van der Waals surface area contributed by atoms with Crippen molar-refractivity contribution < 1.29 is 9.90 Å². The molecule has 108 valence electrons. The number of fused-ring (bicyclic) bond motifs is 1. The molecule has 0 aliphatic carbocycles. The van der Waals surface area contributed by atoms with Crippen molar-refractivity contribution in [3.8, 4) is 0 Å². The van der Waals surface area contributed by atoms with Crippen LogP contribution in [0.25, 0.3) is 11.0 Å². The lowest BCUT2D eigenvalue weighted by molar-refractivity contribution is 0.0698. The molecule has 6 nitrogen and oxygen atoms in total. The summed E-state index contributed by atoms with van der Waals surface area (Å²) in [5.74, 6) is -0.941. The number of carboxylic acids is 1. The Kier molecular flexibility index (Phi) is 3.21. The maximum absolute atomic E-state index is 11.4. The van der Waals surface area contributed by atoms with E-state index in [1.165, 1.54) is 0 Å². The van der Waals surface area contributed by atoms with Crippen molar-refractivity contribution in [1.29, 1.82) is 0 Å². The standard InChI is InChI=1S/C15H16N4O2/c1-3-12-10(7-18(2)17-12)8-19-9-16-13-6-4-5-11(14(13)19)15(20)21/h4-7,9H,3,8H2,1-2H3,(H,20,21). The first-order valence-electron chi connectivity index (χ1n) is 6.78. The lowest BCUT2D eigenvalue weighted by atomic mass is 10.1. The average molecular weight is 284 g/mol. The molecule has 0 fully saturated rings. The predicted molar refractivity (Wildman–Crippen MR) is 78.4 cm³/mol. The number of para-hydroxylation sites is 1. The first-order valence-corrected chi connectivity index (χ1v) is 6.78. The molecule has 0 radical (unpaired) electrons. The Morgan fingerprint density at radius 1 is 1.38 bits per heavy atom. The van der Waals surface area contributed by atoms with Gasteiger partial charge < -0.3 is 9.67 Å². The normalized spacial score (nSPS) is 11.1. The highest BCUT2D eigenvalue weighted by atomic mass is 16.4. The van der Waals surface area contributed by atoms with Gasteiger partial charge in [-0.15, -0.1) is 0 Å². The van der Waals surface area contributed by atoms with E-state index >= 15 is 0 Å². The summed E-state index contributed by atoms with van der Waals surface area (Å²) in [5.41, 5.74) is 3.71. The summed E-state index contributed by atoms with van der Waals surface area (Å²) in [7, 11) is 1.89. The third-order valence-corrected chi connectivity index (χ3v) is 3.54. The van der Waals surface area contributed by atoms with E-state index in [0.717, 1.165) is 17.7 Å². The molecular weight excluding hydrogens is 268 g/mol. The van der Waals surface area contributed by atoms with Crippen molar-refractivity contribution in [2.45, 2.75) is 19.9 Å². The zero-order chi connectivity index (χ0) is 15.0. The molecule has 2 aromatic heterocycles. The molecule has 0 spiro atoms. The molecule has 1 N–H and O–H groups in total. The maximum Gasteiger partial charge on any atom is 0.337 e. The van der Waals surface area contributed by atoms with Crippen LogP contribution in [0.2, 0.25) is 0 Å².